The van der Waals surface area contributed by atoms with E-state index in [-0.39, 0.29) is 29.7 Å². The van der Waals surface area contributed by atoms with Crippen LogP contribution in [0.5, 0.6) is 0 Å². The Labute approximate surface area is 201 Å². The summed E-state index contributed by atoms with van der Waals surface area (Å²) in [6.07, 6.45) is -0.840. The highest BCUT2D eigenvalue weighted by molar-refractivity contribution is 6.02. The second kappa shape index (κ2) is 7.47. The number of carbonyl (C=O) groups excluding carboxylic acids is 2. The van der Waals surface area contributed by atoms with Gasteiger partial charge in [-0.25, -0.2) is 4.98 Å². The Balaban J connectivity index is 1.53. The molecule has 3 aliphatic rings. The molecule has 0 saturated carbocycles. The van der Waals surface area contributed by atoms with Gasteiger partial charge in [-0.1, -0.05) is 44.2 Å². The van der Waals surface area contributed by atoms with Crippen molar-refractivity contribution < 1.29 is 14.7 Å². The smallest absolute Gasteiger partial charge is 0.262 e. The molecule has 35 heavy (non-hydrogen) atoms. The van der Waals surface area contributed by atoms with Crippen molar-refractivity contribution in [2.24, 2.45) is 5.92 Å². The third-order valence-electron chi connectivity index (χ3n) is 7.55. The maximum atomic E-state index is 13.7. The molecule has 1 saturated heterocycles. The second-order valence-corrected chi connectivity index (χ2v) is 10.1. The number of anilines is 1. The van der Waals surface area contributed by atoms with Gasteiger partial charge in [0.25, 0.3) is 5.56 Å². The minimum atomic E-state index is -1.59. The summed E-state index contributed by atoms with van der Waals surface area (Å²) in [7, 11) is 0. The van der Waals surface area contributed by atoms with Gasteiger partial charge in [0.05, 0.1) is 28.7 Å². The van der Waals surface area contributed by atoms with Gasteiger partial charge >= 0.3 is 0 Å². The van der Waals surface area contributed by atoms with Crippen molar-refractivity contribution in [3.05, 3.63) is 70.3 Å². The zero-order valence-corrected chi connectivity index (χ0v) is 19.7. The molecule has 0 bridgehead atoms. The highest BCUT2D eigenvalue weighted by Gasteiger charge is 2.58. The van der Waals surface area contributed by atoms with Gasteiger partial charge in [-0.15, -0.1) is 0 Å². The van der Waals surface area contributed by atoms with Crippen LogP contribution in [-0.2, 0) is 15.2 Å². The molecule has 2 amide bonds. The van der Waals surface area contributed by atoms with Crippen LogP contribution in [0.2, 0.25) is 0 Å². The number of aromatic nitrogens is 2. The first kappa shape index (κ1) is 21.9. The molecule has 180 valence electrons. The lowest BCUT2D eigenvalue weighted by Crippen LogP contribution is -2.54. The van der Waals surface area contributed by atoms with E-state index >= 15 is 0 Å². The van der Waals surface area contributed by atoms with Crippen molar-refractivity contribution in [3.63, 3.8) is 0 Å². The van der Waals surface area contributed by atoms with Crippen LogP contribution in [0.15, 0.2) is 53.3 Å². The average Bonchev–Trinajstić information content (AvgIpc) is 3.27. The van der Waals surface area contributed by atoms with Crippen LogP contribution in [0.25, 0.3) is 10.9 Å². The number of hydrogen-bond acceptors (Lipinski definition) is 6. The van der Waals surface area contributed by atoms with Crippen LogP contribution in [0.3, 0.4) is 0 Å². The SMILES string of the molecule is CC(C)[C@H]1NC(=O)[C@@H](C[C@]2(O)c3ccccc3N3C(=O)[C@H](C)N[C@H]32)n2c1nc1ccccc1c2=O. The Morgan fingerprint density at radius 2 is 1.80 bits per heavy atom. The van der Waals surface area contributed by atoms with Gasteiger partial charge in [0.1, 0.15) is 23.6 Å². The summed E-state index contributed by atoms with van der Waals surface area (Å²) < 4.78 is 1.45. The lowest BCUT2D eigenvalue weighted by Gasteiger charge is -2.39. The minimum Gasteiger partial charge on any atom is -0.381 e. The Bertz CT molecular complexity index is 1450. The molecule has 9 heteroatoms. The summed E-state index contributed by atoms with van der Waals surface area (Å²) in [5, 5.41) is 18.8. The zero-order chi connectivity index (χ0) is 24.6. The fraction of sp³-hybridized carbons (Fsp3) is 0.385. The number of amides is 2. The Kier molecular flexibility index (Phi) is 4.68. The van der Waals surface area contributed by atoms with Crippen molar-refractivity contribution in [1.82, 2.24) is 20.2 Å². The second-order valence-electron chi connectivity index (χ2n) is 10.1. The van der Waals surface area contributed by atoms with Crippen molar-refractivity contribution in [1.29, 1.82) is 0 Å². The largest absolute Gasteiger partial charge is 0.381 e. The topological polar surface area (TPSA) is 117 Å². The molecule has 9 nitrogen and oxygen atoms in total. The number of rotatable bonds is 3. The Morgan fingerprint density at radius 3 is 2.57 bits per heavy atom. The van der Waals surface area contributed by atoms with E-state index in [0.29, 0.717) is 28.0 Å². The maximum Gasteiger partial charge on any atom is 0.262 e. The molecule has 0 radical (unpaired) electrons. The third-order valence-corrected chi connectivity index (χ3v) is 7.55. The highest BCUT2D eigenvalue weighted by atomic mass is 16.3. The molecule has 3 aromatic rings. The molecular weight excluding hydrogens is 446 g/mol. The zero-order valence-electron chi connectivity index (χ0n) is 19.7. The van der Waals surface area contributed by atoms with Crippen molar-refractivity contribution in [3.8, 4) is 0 Å². The molecule has 2 aromatic carbocycles. The number of nitrogens with one attached hydrogen (secondary N) is 2. The quantitative estimate of drug-likeness (QED) is 0.533. The van der Waals surface area contributed by atoms with Gasteiger partial charge in [-0.05, 0) is 31.0 Å². The molecule has 0 spiro atoms. The molecular formula is C26H27N5O4. The first-order valence-corrected chi connectivity index (χ1v) is 11.9. The first-order valence-electron chi connectivity index (χ1n) is 11.9. The third kappa shape index (κ3) is 2.94. The number of nitrogens with zero attached hydrogens (tertiary/aromatic N) is 3. The molecule has 0 aliphatic carbocycles. The number of benzene rings is 2. The van der Waals surface area contributed by atoms with Crippen LogP contribution in [-0.4, -0.2) is 38.7 Å². The van der Waals surface area contributed by atoms with Gasteiger partial charge in [0.2, 0.25) is 11.8 Å². The van der Waals surface area contributed by atoms with E-state index in [4.69, 9.17) is 4.98 Å². The van der Waals surface area contributed by atoms with E-state index in [9.17, 15) is 19.5 Å². The van der Waals surface area contributed by atoms with Gasteiger partial charge in [-0.3, -0.25) is 29.2 Å². The van der Waals surface area contributed by atoms with Crippen molar-refractivity contribution >= 4 is 28.4 Å². The summed E-state index contributed by atoms with van der Waals surface area (Å²) in [5.74, 6) is -0.0162. The normalized spacial score (nSPS) is 29.3. The van der Waals surface area contributed by atoms with E-state index < -0.39 is 29.9 Å². The maximum absolute atomic E-state index is 13.7. The van der Waals surface area contributed by atoms with Crippen LogP contribution in [0.4, 0.5) is 5.69 Å². The summed E-state index contributed by atoms with van der Waals surface area (Å²) in [5.41, 5.74) is -0.169. The van der Waals surface area contributed by atoms with E-state index in [0.717, 1.165) is 0 Å². The van der Waals surface area contributed by atoms with Crippen LogP contribution in [0.1, 0.15) is 50.7 Å². The van der Waals surface area contributed by atoms with E-state index in [1.54, 1.807) is 48.2 Å². The molecule has 4 heterocycles. The lowest BCUT2D eigenvalue weighted by atomic mass is 9.85. The van der Waals surface area contributed by atoms with Gasteiger partial charge in [0.15, 0.2) is 0 Å². The van der Waals surface area contributed by atoms with Crippen LogP contribution in [0, 0.1) is 5.92 Å². The standard InChI is InChI=1S/C26H27N5O4/c1-13(2)20-21-28-17-10-6-4-8-15(17)24(34)30(21)19(22(32)29-20)12-26(35)16-9-5-7-11-18(16)31-23(33)14(3)27-25(26)31/h4-11,13-14,19-20,25,27,35H,12H2,1-3H3,(H,29,32)/t14-,19+,20+,25+,26-/m0/s1. The minimum absolute atomic E-state index is 0.0000307. The summed E-state index contributed by atoms with van der Waals surface area (Å²) in [6, 6.07) is 12.3. The number of para-hydroxylation sites is 2. The Hall–Kier alpha value is -3.56. The van der Waals surface area contributed by atoms with Crippen LogP contribution >= 0.6 is 0 Å². The molecule has 0 unspecified atom stereocenters. The van der Waals surface area contributed by atoms with Gasteiger partial charge in [-0.2, -0.15) is 0 Å². The van der Waals surface area contributed by atoms with Gasteiger partial charge in [0, 0.05) is 12.0 Å². The molecule has 5 atom stereocenters. The van der Waals surface area contributed by atoms with E-state index in [1.807, 2.05) is 26.0 Å². The van der Waals surface area contributed by atoms with Gasteiger partial charge < -0.3 is 10.4 Å². The Morgan fingerprint density at radius 1 is 1.09 bits per heavy atom. The lowest BCUT2D eigenvalue weighted by molar-refractivity contribution is -0.130. The molecule has 3 aliphatic heterocycles. The number of fused-ring (bicyclic) bond motifs is 5. The summed E-state index contributed by atoms with van der Waals surface area (Å²) in [6.45, 7) is 5.68. The van der Waals surface area contributed by atoms with E-state index in [1.165, 1.54) is 4.57 Å². The first-order chi connectivity index (χ1) is 16.7. The molecule has 1 fully saturated rings. The van der Waals surface area contributed by atoms with Crippen LogP contribution < -0.4 is 21.1 Å². The highest BCUT2D eigenvalue weighted by Crippen LogP contribution is 2.49. The fourth-order valence-corrected chi connectivity index (χ4v) is 5.80. The fourth-order valence-electron chi connectivity index (χ4n) is 5.80. The number of hydrogen-bond donors (Lipinski definition) is 3. The predicted octanol–water partition coefficient (Wildman–Crippen LogP) is 1.71. The monoisotopic (exact) mass is 473 g/mol. The number of carbonyl (C=O) groups is 2. The summed E-state index contributed by atoms with van der Waals surface area (Å²) >= 11 is 0. The molecule has 3 N–H and O–H groups in total. The van der Waals surface area contributed by atoms with Crippen molar-refractivity contribution in [2.45, 2.75) is 57.1 Å². The van der Waals surface area contributed by atoms with E-state index in [2.05, 4.69) is 10.6 Å². The average molecular weight is 474 g/mol. The summed E-state index contributed by atoms with van der Waals surface area (Å²) in [4.78, 5) is 46.5. The van der Waals surface area contributed by atoms with Crippen molar-refractivity contribution in [2.75, 3.05) is 4.90 Å². The molecule has 6 rings (SSSR count). The molecule has 1 aromatic heterocycles. The predicted molar refractivity (Wildman–Crippen MR) is 130 cm³/mol. The number of aliphatic hydroxyl groups is 1.